The fourth-order valence-electron chi connectivity index (χ4n) is 5.22. The van der Waals surface area contributed by atoms with Gasteiger partial charge in [0, 0.05) is 17.8 Å². The molecule has 1 unspecified atom stereocenters. The zero-order valence-corrected chi connectivity index (χ0v) is 19.8. The number of allylic oxidation sites excluding steroid dienone is 1. The van der Waals surface area contributed by atoms with Gasteiger partial charge in [0.05, 0.1) is 18.5 Å². The third-order valence-electron chi connectivity index (χ3n) is 7.41. The van der Waals surface area contributed by atoms with Crippen LogP contribution < -0.4 is 10.6 Å². The van der Waals surface area contributed by atoms with Gasteiger partial charge in [-0.1, -0.05) is 26.3 Å². The van der Waals surface area contributed by atoms with Gasteiger partial charge in [0.1, 0.15) is 11.8 Å². The summed E-state index contributed by atoms with van der Waals surface area (Å²) in [6.07, 6.45) is 15.8. The quantitative estimate of drug-likeness (QED) is 0.458. The standard InChI is InChI=1S/C25H40N6O/c1-17(11-13-18(2)29-21-9-6-10-22(21)32)12-14-19(3)31-16-28-23-24(26-15-27-25(23)31)30-20-7-4-5-8-20/h15-17,19-22,29,32H,2,4-14H2,1,3H3,(H,26,27,30)/t17-,19?,21-,22-/m1/s1. The molecular weight excluding hydrogens is 400 g/mol. The van der Waals surface area contributed by atoms with Crippen LogP contribution >= 0.6 is 0 Å². The Balaban J connectivity index is 1.26. The Morgan fingerprint density at radius 1 is 1.09 bits per heavy atom. The molecule has 4 atom stereocenters. The smallest absolute Gasteiger partial charge is 0.165 e. The fourth-order valence-corrected chi connectivity index (χ4v) is 5.22. The van der Waals surface area contributed by atoms with Crippen LogP contribution in [-0.4, -0.2) is 42.8 Å². The molecule has 0 radical (unpaired) electrons. The molecule has 3 N–H and O–H groups in total. The molecule has 2 aromatic heterocycles. The lowest BCUT2D eigenvalue weighted by Gasteiger charge is -2.21. The van der Waals surface area contributed by atoms with Crippen LogP contribution in [0, 0.1) is 5.92 Å². The molecule has 2 aliphatic carbocycles. The number of hydrogen-bond donors (Lipinski definition) is 3. The van der Waals surface area contributed by atoms with Crippen molar-refractivity contribution in [2.75, 3.05) is 5.32 Å². The molecule has 0 aliphatic heterocycles. The minimum atomic E-state index is -0.215. The number of rotatable bonds is 11. The van der Waals surface area contributed by atoms with Gasteiger partial charge in [-0.15, -0.1) is 0 Å². The van der Waals surface area contributed by atoms with Gasteiger partial charge in [-0.05, 0) is 70.6 Å². The summed E-state index contributed by atoms with van der Waals surface area (Å²) in [5.41, 5.74) is 2.87. The summed E-state index contributed by atoms with van der Waals surface area (Å²) in [6.45, 7) is 8.76. The Bertz CT molecular complexity index is 890. The molecule has 2 fully saturated rings. The maximum atomic E-state index is 9.99. The SMILES string of the molecule is C=C(CC[C@@H](C)CCC(C)n1cnc2c(NC3CCCC3)ncnc21)N[C@@H]1CCC[C@H]1O. The van der Waals surface area contributed by atoms with Gasteiger partial charge < -0.3 is 20.3 Å². The highest BCUT2D eigenvalue weighted by Gasteiger charge is 2.25. The Hall–Kier alpha value is -2.15. The van der Waals surface area contributed by atoms with Crippen molar-refractivity contribution in [2.45, 2.75) is 109 Å². The van der Waals surface area contributed by atoms with Crippen molar-refractivity contribution in [3.63, 3.8) is 0 Å². The van der Waals surface area contributed by atoms with Crippen molar-refractivity contribution < 1.29 is 5.11 Å². The summed E-state index contributed by atoms with van der Waals surface area (Å²) in [7, 11) is 0. The minimum absolute atomic E-state index is 0.197. The second-order valence-electron chi connectivity index (χ2n) is 10.1. The van der Waals surface area contributed by atoms with Crippen LogP contribution in [0.2, 0.25) is 0 Å². The molecule has 2 aromatic rings. The van der Waals surface area contributed by atoms with Crippen LogP contribution in [0.3, 0.4) is 0 Å². The highest BCUT2D eigenvalue weighted by molar-refractivity contribution is 5.82. The lowest BCUT2D eigenvalue weighted by molar-refractivity contribution is 0.153. The minimum Gasteiger partial charge on any atom is -0.391 e. The second kappa shape index (κ2) is 10.6. The average molecular weight is 441 g/mol. The van der Waals surface area contributed by atoms with Crippen molar-refractivity contribution in [3.8, 4) is 0 Å². The molecule has 0 bridgehead atoms. The summed E-state index contributed by atoms with van der Waals surface area (Å²) in [5, 5.41) is 17.0. The Kier molecular flexibility index (Phi) is 7.66. The number of aromatic nitrogens is 4. The van der Waals surface area contributed by atoms with E-state index >= 15 is 0 Å². The molecule has 176 valence electrons. The molecule has 2 saturated carbocycles. The highest BCUT2D eigenvalue weighted by atomic mass is 16.3. The predicted octanol–water partition coefficient (Wildman–Crippen LogP) is 4.96. The van der Waals surface area contributed by atoms with Crippen LogP contribution in [0.15, 0.2) is 24.9 Å². The van der Waals surface area contributed by atoms with E-state index < -0.39 is 0 Å². The van der Waals surface area contributed by atoms with E-state index in [9.17, 15) is 5.11 Å². The maximum absolute atomic E-state index is 9.99. The van der Waals surface area contributed by atoms with Crippen LogP contribution in [0.1, 0.15) is 90.5 Å². The van der Waals surface area contributed by atoms with Gasteiger partial charge in [0.25, 0.3) is 0 Å². The molecule has 0 saturated heterocycles. The molecular formula is C25H40N6O. The molecule has 32 heavy (non-hydrogen) atoms. The Morgan fingerprint density at radius 3 is 2.66 bits per heavy atom. The fraction of sp³-hybridized carbons (Fsp3) is 0.720. The van der Waals surface area contributed by atoms with E-state index in [1.165, 1.54) is 25.7 Å². The lowest BCUT2D eigenvalue weighted by atomic mass is 9.96. The number of fused-ring (bicyclic) bond motifs is 1. The molecule has 7 heteroatoms. The molecule has 4 rings (SSSR count). The van der Waals surface area contributed by atoms with Crippen molar-refractivity contribution >= 4 is 17.0 Å². The van der Waals surface area contributed by atoms with E-state index in [2.05, 4.69) is 50.6 Å². The number of aliphatic hydroxyl groups excluding tert-OH is 1. The third kappa shape index (κ3) is 5.61. The van der Waals surface area contributed by atoms with E-state index in [-0.39, 0.29) is 12.1 Å². The second-order valence-corrected chi connectivity index (χ2v) is 10.1. The zero-order valence-electron chi connectivity index (χ0n) is 19.8. The number of nitrogens with one attached hydrogen (secondary N) is 2. The first kappa shape index (κ1) is 23.0. The molecule has 2 aliphatic rings. The Labute approximate surface area is 192 Å². The number of hydrogen-bond acceptors (Lipinski definition) is 6. The zero-order chi connectivity index (χ0) is 22.5. The molecule has 0 amide bonds. The molecule has 0 spiro atoms. The van der Waals surface area contributed by atoms with Crippen molar-refractivity contribution in [1.82, 2.24) is 24.8 Å². The maximum Gasteiger partial charge on any atom is 0.165 e. The first-order valence-electron chi connectivity index (χ1n) is 12.6. The first-order chi connectivity index (χ1) is 15.5. The Morgan fingerprint density at radius 2 is 1.91 bits per heavy atom. The summed E-state index contributed by atoms with van der Waals surface area (Å²) in [6, 6.07) is 1.05. The van der Waals surface area contributed by atoms with Gasteiger partial charge in [0.15, 0.2) is 11.5 Å². The largest absolute Gasteiger partial charge is 0.391 e. The number of aliphatic hydroxyl groups is 1. The molecule has 0 aromatic carbocycles. The summed E-state index contributed by atoms with van der Waals surface area (Å²) < 4.78 is 2.20. The van der Waals surface area contributed by atoms with Crippen LogP contribution in [0.25, 0.3) is 11.2 Å². The van der Waals surface area contributed by atoms with E-state index in [4.69, 9.17) is 0 Å². The number of anilines is 1. The van der Waals surface area contributed by atoms with Gasteiger partial charge in [-0.3, -0.25) is 0 Å². The molecule has 7 nitrogen and oxygen atoms in total. The average Bonchev–Trinajstić information content (AvgIpc) is 3.53. The van der Waals surface area contributed by atoms with E-state index in [1.54, 1.807) is 6.33 Å². The van der Waals surface area contributed by atoms with Gasteiger partial charge >= 0.3 is 0 Å². The topological polar surface area (TPSA) is 87.9 Å². The van der Waals surface area contributed by atoms with Gasteiger partial charge in [-0.2, -0.15) is 0 Å². The normalized spacial score (nSPS) is 23.5. The first-order valence-corrected chi connectivity index (χ1v) is 12.6. The highest BCUT2D eigenvalue weighted by Crippen LogP contribution is 2.28. The molecule has 2 heterocycles. The van der Waals surface area contributed by atoms with Gasteiger partial charge in [-0.25, -0.2) is 15.0 Å². The number of nitrogens with zero attached hydrogens (tertiary/aromatic N) is 4. The van der Waals surface area contributed by atoms with E-state index in [1.807, 2.05) is 6.33 Å². The van der Waals surface area contributed by atoms with E-state index in [0.717, 1.165) is 67.6 Å². The van der Waals surface area contributed by atoms with Crippen LogP contribution in [0.4, 0.5) is 5.82 Å². The van der Waals surface area contributed by atoms with Crippen LogP contribution in [0.5, 0.6) is 0 Å². The summed E-state index contributed by atoms with van der Waals surface area (Å²) in [5.74, 6) is 1.49. The van der Waals surface area contributed by atoms with Gasteiger partial charge in [0.2, 0.25) is 0 Å². The van der Waals surface area contributed by atoms with Crippen molar-refractivity contribution in [3.05, 3.63) is 24.9 Å². The van der Waals surface area contributed by atoms with Crippen molar-refractivity contribution in [2.24, 2.45) is 5.92 Å². The number of imidazole rings is 1. The summed E-state index contributed by atoms with van der Waals surface area (Å²) >= 11 is 0. The van der Waals surface area contributed by atoms with Crippen molar-refractivity contribution in [1.29, 1.82) is 0 Å². The third-order valence-corrected chi connectivity index (χ3v) is 7.41. The van der Waals surface area contributed by atoms with E-state index in [0.29, 0.717) is 18.0 Å². The lowest BCUT2D eigenvalue weighted by Crippen LogP contribution is -2.34. The van der Waals surface area contributed by atoms with Crippen LogP contribution in [-0.2, 0) is 0 Å². The predicted molar refractivity (Wildman–Crippen MR) is 129 cm³/mol. The monoisotopic (exact) mass is 440 g/mol. The summed E-state index contributed by atoms with van der Waals surface area (Å²) in [4.78, 5) is 13.7.